The molecule has 0 aliphatic heterocycles. The monoisotopic (exact) mass is 201 g/mol. The summed E-state index contributed by atoms with van der Waals surface area (Å²) in [5.74, 6) is 0. The zero-order chi connectivity index (χ0) is 11.2. The van der Waals surface area contributed by atoms with Crippen molar-refractivity contribution in [2.45, 2.75) is 53.6 Å². The lowest BCUT2D eigenvalue weighted by molar-refractivity contribution is 0.0354. The van der Waals surface area contributed by atoms with Gasteiger partial charge in [-0.3, -0.25) is 0 Å². The third kappa shape index (κ3) is 4.97. The molecule has 0 aromatic heterocycles. The molecule has 0 rings (SSSR count). The quantitative estimate of drug-likeness (QED) is 0.684. The summed E-state index contributed by atoms with van der Waals surface area (Å²) in [6.45, 7) is 13.8. The first-order chi connectivity index (χ1) is 6.44. The lowest BCUT2D eigenvalue weighted by Gasteiger charge is -2.34. The second kappa shape index (κ2) is 6.41. The highest BCUT2D eigenvalue weighted by Crippen LogP contribution is 2.21. The Bertz CT molecular complexity index is 143. The van der Waals surface area contributed by atoms with Crippen molar-refractivity contribution in [1.29, 1.82) is 0 Å². The summed E-state index contributed by atoms with van der Waals surface area (Å²) in [7, 11) is 0. The average molecular weight is 201 g/mol. The van der Waals surface area contributed by atoms with Gasteiger partial charge in [0.2, 0.25) is 0 Å². The summed E-state index contributed by atoms with van der Waals surface area (Å²) < 4.78 is 0. The highest BCUT2D eigenvalue weighted by Gasteiger charge is 2.26. The molecule has 0 amide bonds. The number of unbranched alkanes of at least 4 members (excludes halogenated alkanes) is 1. The first kappa shape index (κ1) is 13.9. The van der Waals surface area contributed by atoms with E-state index in [2.05, 4.69) is 32.6 Å². The van der Waals surface area contributed by atoms with E-state index in [1.165, 1.54) is 12.8 Å². The number of aliphatic hydroxyl groups is 1. The molecule has 0 aromatic rings. The van der Waals surface area contributed by atoms with Crippen molar-refractivity contribution in [2.24, 2.45) is 5.41 Å². The van der Waals surface area contributed by atoms with Crippen LogP contribution in [0.3, 0.4) is 0 Å². The molecular formula is C12H27NO. The van der Waals surface area contributed by atoms with E-state index in [0.29, 0.717) is 0 Å². The van der Waals surface area contributed by atoms with Gasteiger partial charge in [0.15, 0.2) is 0 Å². The van der Waals surface area contributed by atoms with E-state index in [1.54, 1.807) is 0 Å². The number of hydrogen-bond donors (Lipinski definition) is 1. The number of hydrogen-bond acceptors (Lipinski definition) is 2. The van der Waals surface area contributed by atoms with Crippen LogP contribution >= 0.6 is 0 Å². The summed E-state index contributed by atoms with van der Waals surface area (Å²) in [5.41, 5.74) is 0.00372. The molecule has 0 fully saturated rings. The van der Waals surface area contributed by atoms with Gasteiger partial charge in [0.05, 0.1) is 6.10 Å². The molecule has 1 N–H and O–H groups in total. The summed E-state index contributed by atoms with van der Waals surface area (Å²) in [5, 5.41) is 9.62. The second-order valence-electron chi connectivity index (χ2n) is 4.89. The first-order valence-electron chi connectivity index (χ1n) is 5.84. The van der Waals surface area contributed by atoms with E-state index in [-0.39, 0.29) is 11.5 Å². The predicted octanol–water partition coefficient (Wildman–Crippen LogP) is 2.52. The summed E-state index contributed by atoms with van der Waals surface area (Å²) in [6, 6.07) is 0. The third-order valence-corrected chi connectivity index (χ3v) is 3.04. The summed E-state index contributed by atoms with van der Waals surface area (Å²) in [4.78, 5) is 2.43. The molecule has 0 saturated carbocycles. The van der Waals surface area contributed by atoms with Gasteiger partial charge in [-0.05, 0) is 26.4 Å². The average Bonchev–Trinajstić information content (AvgIpc) is 2.11. The minimum Gasteiger partial charge on any atom is -0.393 e. The Morgan fingerprint density at radius 1 is 1.29 bits per heavy atom. The topological polar surface area (TPSA) is 23.5 Å². The van der Waals surface area contributed by atoms with Crippen LogP contribution in [0.5, 0.6) is 0 Å². The van der Waals surface area contributed by atoms with E-state index < -0.39 is 0 Å². The maximum absolute atomic E-state index is 9.62. The van der Waals surface area contributed by atoms with Gasteiger partial charge in [-0.2, -0.15) is 0 Å². The van der Waals surface area contributed by atoms with Crippen molar-refractivity contribution >= 4 is 0 Å². The van der Waals surface area contributed by atoms with Gasteiger partial charge in [-0.1, -0.05) is 34.1 Å². The fraction of sp³-hybridized carbons (Fsp3) is 1.00. The predicted molar refractivity (Wildman–Crippen MR) is 62.5 cm³/mol. The molecule has 0 bridgehead atoms. The van der Waals surface area contributed by atoms with Crippen LogP contribution in [0.4, 0.5) is 0 Å². The largest absolute Gasteiger partial charge is 0.393 e. The zero-order valence-corrected chi connectivity index (χ0v) is 10.5. The SMILES string of the molecule is CCCCN(CC)CC(C)(C)C(C)O. The Hall–Kier alpha value is -0.0800. The molecule has 0 radical (unpaired) electrons. The van der Waals surface area contributed by atoms with Gasteiger partial charge in [0.1, 0.15) is 0 Å². The molecule has 1 unspecified atom stereocenters. The first-order valence-corrected chi connectivity index (χ1v) is 5.84. The fourth-order valence-corrected chi connectivity index (χ4v) is 1.44. The van der Waals surface area contributed by atoms with Crippen LogP contribution in [0.25, 0.3) is 0 Å². The van der Waals surface area contributed by atoms with Crippen molar-refractivity contribution in [3.63, 3.8) is 0 Å². The maximum atomic E-state index is 9.62. The van der Waals surface area contributed by atoms with Crippen molar-refractivity contribution in [3.8, 4) is 0 Å². The second-order valence-corrected chi connectivity index (χ2v) is 4.89. The highest BCUT2D eigenvalue weighted by atomic mass is 16.3. The normalized spacial score (nSPS) is 14.8. The molecule has 86 valence electrons. The Labute approximate surface area is 89.3 Å². The lowest BCUT2D eigenvalue weighted by atomic mass is 9.87. The molecule has 0 aliphatic carbocycles. The van der Waals surface area contributed by atoms with Gasteiger partial charge in [0, 0.05) is 12.0 Å². The zero-order valence-electron chi connectivity index (χ0n) is 10.5. The Balaban J connectivity index is 4.02. The van der Waals surface area contributed by atoms with Crippen LogP contribution in [0, 0.1) is 5.41 Å². The Kier molecular flexibility index (Phi) is 6.38. The number of aliphatic hydroxyl groups excluding tert-OH is 1. The summed E-state index contributed by atoms with van der Waals surface area (Å²) in [6.07, 6.45) is 2.26. The minimum atomic E-state index is -0.238. The van der Waals surface area contributed by atoms with Gasteiger partial charge in [-0.15, -0.1) is 0 Å². The van der Waals surface area contributed by atoms with Crippen LogP contribution in [-0.4, -0.2) is 35.7 Å². The van der Waals surface area contributed by atoms with E-state index in [4.69, 9.17) is 0 Å². The summed E-state index contributed by atoms with van der Waals surface area (Å²) >= 11 is 0. The highest BCUT2D eigenvalue weighted by molar-refractivity contribution is 4.78. The standard InChI is InChI=1S/C12H27NO/c1-6-8-9-13(7-2)10-12(4,5)11(3)14/h11,14H,6-10H2,1-5H3. The maximum Gasteiger partial charge on any atom is 0.0575 e. The van der Waals surface area contributed by atoms with Crippen molar-refractivity contribution < 1.29 is 5.11 Å². The van der Waals surface area contributed by atoms with Crippen molar-refractivity contribution in [3.05, 3.63) is 0 Å². The van der Waals surface area contributed by atoms with Crippen LogP contribution in [0.1, 0.15) is 47.5 Å². The van der Waals surface area contributed by atoms with Crippen LogP contribution < -0.4 is 0 Å². The van der Waals surface area contributed by atoms with Crippen LogP contribution in [-0.2, 0) is 0 Å². The van der Waals surface area contributed by atoms with Crippen molar-refractivity contribution in [1.82, 2.24) is 4.90 Å². The van der Waals surface area contributed by atoms with Gasteiger partial charge >= 0.3 is 0 Å². The molecule has 0 aromatic carbocycles. The Morgan fingerprint density at radius 3 is 2.21 bits per heavy atom. The van der Waals surface area contributed by atoms with E-state index in [9.17, 15) is 5.11 Å². The molecule has 0 spiro atoms. The molecule has 14 heavy (non-hydrogen) atoms. The Morgan fingerprint density at radius 2 is 1.86 bits per heavy atom. The molecular weight excluding hydrogens is 174 g/mol. The number of rotatable bonds is 7. The van der Waals surface area contributed by atoms with Gasteiger partial charge in [0.25, 0.3) is 0 Å². The van der Waals surface area contributed by atoms with Gasteiger partial charge < -0.3 is 10.0 Å². The smallest absolute Gasteiger partial charge is 0.0575 e. The third-order valence-electron chi connectivity index (χ3n) is 3.04. The molecule has 0 aliphatic rings. The van der Waals surface area contributed by atoms with Crippen LogP contribution in [0.2, 0.25) is 0 Å². The van der Waals surface area contributed by atoms with E-state index in [0.717, 1.165) is 19.6 Å². The number of nitrogens with zero attached hydrogens (tertiary/aromatic N) is 1. The molecule has 1 atom stereocenters. The van der Waals surface area contributed by atoms with Crippen LogP contribution in [0.15, 0.2) is 0 Å². The van der Waals surface area contributed by atoms with E-state index in [1.807, 2.05) is 6.92 Å². The van der Waals surface area contributed by atoms with Crippen molar-refractivity contribution in [2.75, 3.05) is 19.6 Å². The fourth-order valence-electron chi connectivity index (χ4n) is 1.44. The van der Waals surface area contributed by atoms with Gasteiger partial charge in [-0.25, -0.2) is 0 Å². The lowest BCUT2D eigenvalue weighted by Crippen LogP contribution is -2.40. The molecule has 2 nitrogen and oxygen atoms in total. The molecule has 2 heteroatoms. The molecule has 0 heterocycles. The molecule has 0 saturated heterocycles. The minimum absolute atomic E-state index is 0.00372. The van der Waals surface area contributed by atoms with E-state index >= 15 is 0 Å².